The van der Waals surface area contributed by atoms with Crippen molar-refractivity contribution >= 4 is 5.91 Å². The fourth-order valence-electron chi connectivity index (χ4n) is 2.05. The molecular weight excluding hydrogens is 259 g/mol. The summed E-state index contributed by atoms with van der Waals surface area (Å²) < 4.78 is 41.7. The second kappa shape index (κ2) is 5.50. The van der Waals surface area contributed by atoms with E-state index in [9.17, 15) is 18.0 Å². The van der Waals surface area contributed by atoms with Crippen molar-refractivity contribution in [2.75, 3.05) is 13.2 Å². The first-order valence-electron chi connectivity index (χ1n) is 6.01. The molecule has 0 saturated carbocycles. The van der Waals surface area contributed by atoms with Crippen molar-refractivity contribution in [3.05, 3.63) is 29.8 Å². The first-order valence-corrected chi connectivity index (χ1v) is 6.01. The number of hydrogen-bond acceptors (Lipinski definition) is 2. The van der Waals surface area contributed by atoms with Gasteiger partial charge in [-0.1, -0.05) is 18.2 Å². The van der Waals surface area contributed by atoms with Gasteiger partial charge in [-0.25, -0.2) is 0 Å². The summed E-state index contributed by atoms with van der Waals surface area (Å²) in [4.78, 5) is 11.7. The van der Waals surface area contributed by atoms with Gasteiger partial charge in [-0.2, -0.15) is 13.2 Å². The van der Waals surface area contributed by atoms with E-state index in [0.717, 1.165) is 5.56 Å². The predicted octanol–water partition coefficient (Wildman–Crippen LogP) is 2.31. The molecule has 0 saturated heterocycles. The van der Waals surface area contributed by atoms with Crippen LogP contribution in [-0.2, 0) is 11.2 Å². The molecule has 0 aliphatic carbocycles. The van der Waals surface area contributed by atoms with E-state index >= 15 is 0 Å². The summed E-state index contributed by atoms with van der Waals surface area (Å²) in [5.41, 5.74) is 0.854. The van der Waals surface area contributed by atoms with Crippen LogP contribution in [0.15, 0.2) is 24.3 Å². The lowest BCUT2D eigenvalue weighted by Gasteiger charge is -2.15. The van der Waals surface area contributed by atoms with E-state index in [1.165, 1.54) is 0 Å². The third-order valence-electron chi connectivity index (χ3n) is 3.00. The second-order valence-electron chi connectivity index (χ2n) is 4.48. The van der Waals surface area contributed by atoms with Crippen LogP contribution in [0.2, 0.25) is 0 Å². The fraction of sp³-hybridized carbons (Fsp3) is 0.462. The Morgan fingerprint density at radius 3 is 2.84 bits per heavy atom. The number of alkyl halides is 3. The van der Waals surface area contributed by atoms with Gasteiger partial charge in [0.2, 0.25) is 5.91 Å². The number of hydrogen-bond donors (Lipinski definition) is 1. The topological polar surface area (TPSA) is 38.3 Å². The first kappa shape index (κ1) is 13.7. The molecule has 0 spiro atoms. The molecule has 1 heterocycles. The highest BCUT2D eigenvalue weighted by Crippen LogP contribution is 2.26. The SMILES string of the molecule is O=C(NCC(F)(F)F)C1CCOc2ccccc2C1. The minimum Gasteiger partial charge on any atom is -0.493 e. The number of amides is 1. The summed E-state index contributed by atoms with van der Waals surface area (Å²) in [6.07, 6.45) is -3.56. The molecule has 1 aromatic carbocycles. The van der Waals surface area contributed by atoms with Crippen LogP contribution in [-0.4, -0.2) is 25.2 Å². The molecule has 19 heavy (non-hydrogen) atoms. The Morgan fingerprint density at radius 1 is 1.37 bits per heavy atom. The van der Waals surface area contributed by atoms with Crippen LogP contribution in [0.3, 0.4) is 0 Å². The van der Waals surface area contributed by atoms with Gasteiger partial charge in [0.25, 0.3) is 0 Å². The van der Waals surface area contributed by atoms with Crippen LogP contribution in [0.1, 0.15) is 12.0 Å². The molecule has 1 aliphatic heterocycles. The highest BCUT2D eigenvalue weighted by Gasteiger charge is 2.30. The molecule has 0 bridgehead atoms. The van der Waals surface area contributed by atoms with Gasteiger partial charge in [-0.3, -0.25) is 4.79 Å². The Hall–Kier alpha value is -1.72. The largest absolute Gasteiger partial charge is 0.493 e. The van der Waals surface area contributed by atoms with Gasteiger partial charge < -0.3 is 10.1 Å². The quantitative estimate of drug-likeness (QED) is 0.898. The number of ether oxygens (including phenoxy) is 1. The predicted molar refractivity (Wildman–Crippen MR) is 62.8 cm³/mol. The van der Waals surface area contributed by atoms with Crippen molar-refractivity contribution in [3.8, 4) is 5.75 Å². The summed E-state index contributed by atoms with van der Waals surface area (Å²) >= 11 is 0. The first-order chi connectivity index (χ1) is 8.96. The molecular formula is C13H14F3NO2. The molecule has 0 aromatic heterocycles. The standard InChI is InChI=1S/C13H14F3NO2/c14-13(15,16)8-17-12(18)10-5-6-19-11-4-2-1-3-9(11)7-10/h1-4,10H,5-8H2,(H,17,18). The number of nitrogens with one attached hydrogen (secondary N) is 1. The molecule has 1 aliphatic rings. The van der Waals surface area contributed by atoms with Gasteiger partial charge in [0.15, 0.2) is 0 Å². The average molecular weight is 273 g/mol. The summed E-state index contributed by atoms with van der Waals surface area (Å²) in [7, 11) is 0. The van der Waals surface area contributed by atoms with Crippen LogP contribution >= 0.6 is 0 Å². The Morgan fingerprint density at radius 2 is 2.11 bits per heavy atom. The molecule has 0 radical (unpaired) electrons. The van der Waals surface area contributed by atoms with Crippen molar-refractivity contribution < 1.29 is 22.7 Å². The van der Waals surface area contributed by atoms with Gasteiger partial charge in [0.05, 0.1) is 6.61 Å². The highest BCUT2D eigenvalue weighted by molar-refractivity contribution is 5.79. The number of fused-ring (bicyclic) bond motifs is 1. The van der Waals surface area contributed by atoms with Crippen molar-refractivity contribution in [2.45, 2.75) is 19.0 Å². The smallest absolute Gasteiger partial charge is 0.405 e. The van der Waals surface area contributed by atoms with Gasteiger partial charge in [-0.15, -0.1) is 0 Å². The number of carbonyl (C=O) groups is 1. The maximum Gasteiger partial charge on any atom is 0.405 e. The number of benzene rings is 1. The Balaban J connectivity index is 2.00. The van der Waals surface area contributed by atoms with Crippen LogP contribution in [0, 0.1) is 5.92 Å². The van der Waals surface area contributed by atoms with Crippen molar-refractivity contribution in [1.82, 2.24) is 5.32 Å². The number of para-hydroxylation sites is 1. The molecule has 1 amide bonds. The third kappa shape index (κ3) is 3.87. The lowest BCUT2D eigenvalue weighted by Crippen LogP contribution is -2.38. The van der Waals surface area contributed by atoms with Crippen LogP contribution in [0.25, 0.3) is 0 Å². The monoisotopic (exact) mass is 273 g/mol. The van der Waals surface area contributed by atoms with Gasteiger partial charge in [0, 0.05) is 5.92 Å². The lowest BCUT2D eigenvalue weighted by molar-refractivity contribution is -0.140. The summed E-state index contributed by atoms with van der Waals surface area (Å²) in [6.45, 7) is -0.952. The average Bonchev–Trinajstić information content (AvgIpc) is 2.57. The molecule has 0 fully saturated rings. The summed E-state index contributed by atoms with van der Waals surface area (Å²) in [5.74, 6) is -0.350. The maximum atomic E-state index is 12.1. The minimum atomic E-state index is -4.38. The van der Waals surface area contributed by atoms with Crippen molar-refractivity contribution in [2.24, 2.45) is 5.92 Å². The molecule has 3 nitrogen and oxygen atoms in total. The van der Waals surface area contributed by atoms with E-state index in [1.54, 1.807) is 6.07 Å². The molecule has 2 rings (SSSR count). The molecule has 1 aromatic rings. The van der Waals surface area contributed by atoms with Crippen molar-refractivity contribution in [3.63, 3.8) is 0 Å². The fourth-order valence-corrected chi connectivity index (χ4v) is 2.05. The Labute approximate surface area is 108 Å². The molecule has 1 N–H and O–H groups in total. The number of halogens is 3. The Kier molecular flexibility index (Phi) is 3.97. The molecule has 1 atom stereocenters. The number of rotatable bonds is 2. The van der Waals surface area contributed by atoms with Crippen LogP contribution in [0.4, 0.5) is 13.2 Å². The van der Waals surface area contributed by atoms with Crippen molar-refractivity contribution in [1.29, 1.82) is 0 Å². The zero-order chi connectivity index (χ0) is 13.9. The second-order valence-corrected chi connectivity index (χ2v) is 4.48. The van der Waals surface area contributed by atoms with Crippen LogP contribution in [0.5, 0.6) is 5.75 Å². The van der Waals surface area contributed by atoms with E-state index in [1.807, 2.05) is 23.5 Å². The molecule has 1 unspecified atom stereocenters. The van der Waals surface area contributed by atoms with Gasteiger partial charge in [-0.05, 0) is 24.5 Å². The van der Waals surface area contributed by atoms with Gasteiger partial charge in [0.1, 0.15) is 12.3 Å². The van der Waals surface area contributed by atoms with E-state index in [4.69, 9.17) is 4.74 Å². The van der Waals surface area contributed by atoms with E-state index < -0.39 is 24.5 Å². The highest BCUT2D eigenvalue weighted by atomic mass is 19.4. The Bertz CT molecular complexity index is 459. The molecule has 104 valence electrons. The van der Waals surface area contributed by atoms with E-state index in [0.29, 0.717) is 25.2 Å². The van der Waals surface area contributed by atoms with E-state index in [-0.39, 0.29) is 0 Å². The van der Waals surface area contributed by atoms with Crippen LogP contribution < -0.4 is 10.1 Å². The lowest BCUT2D eigenvalue weighted by atomic mass is 9.96. The third-order valence-corrected chi connectivity index (χ3v) is 3.00. The van der Waals surface area contributed by atoms with Gasteiger partial charge >= 0.3 is 6.18 Å². The summed E-state index contributed by atoms with van der Waals surface area (Å²) in [5, 5.41) is 1.93. The zero-order valence-electron chi connectivity index (χ0n) is 10.2. The number of carbonyl (C=O) groups excluding carboxylic acids is 1. The summed E-state index contributed by atoms with van der Waals surface area (Å²) in [6, 6.07) is 7.26. The normalized spacial score (nSPS) is 19.0. The zero-order valence-corrected chi connectivity index (χ0v) is 10.2. The minimum absolute atomic E-state index is 0.334. The molecule has 6 heteroatoms. The van der Waals surface area contributed by atoms with E-state index in [2.05, 4.69) is 0 Å². The maximum absolute atomic E-state index is 12.1.